The van der Waals surface area contributed by atoms with Crippen LogP contribution < -0.4 is 0 Å². The fourth-order valence-corrected chi connectivity index (χ4v) is 1.51. The predicted molar refractivity (Wildman–Crippen MR) is 44.4 cm³/mol. The van der Waals surface area contributed by atoms with E-state index in [0.29, 0.717) is 0 Å². The van der Waals surface area contributed by atoms with Gasteiger partial charge in [0.1, 0.15) is 0 Å². The van der Waals surface area contributed by atoms with Crippen molar-refractivity contribution in [1.29, 1.82) is 0 Å². The van der Waals surface area contributed by atoms with Crippen molar-refractivity contribution in [3.05, 3.63) is 16.1 Å². The van der Waals surface area contributed by atoms with Gasteiger partial charge in [-0.1, -0.05) is 0 Å². The standard InChI is InChI=1S/C6H9NS2/c1-5-7-6(2-3-8)4-9-5/h4,8H,2-3H2,1H3. The quantitative estimate of drug-likeness (QED) is 0.651. The van der Waals surface area contributed by atoms with Gasteiger partial charge in [-0.15, -0.1) is 11.3 Å². The Morgan fingerprint density at radius 1 is 1.78 bits per heavy atom. The third kappa shape index (κ3) is 1.99. The molecule has 0 fully saturated rings. The Balaban J connectivity index is 2.61. The molecule has 0 N–H and O–H groups in total. The normalized spacial score (nSPS) is 10.0. The second kappa shape index (κ2) is 3.22. The average Bonchev–Trinajstić information content (AvgIpc) is 2.17. The molecule has 0 atom stereocenters. The highest BCUT2D eigenvalue weighted by Crippen LogP contribution is 2.08. The van der Waals surface area contributed by atoms with Gasteiger partial charge >= 0.3 is 0 Å². The fraction of sp³-hybridized carbons (Fsp3) is 0.500. The van der Waals surface area contributed by atoms with Crippen LogP contribution in [0.15, 0.2) is 5.38 Å². The van der Waals surface area contributed by atoms with E-state index < -0.39 is 0 Å². The maximum Gasteiger partial charge on any atom is 0.0897 e. The molecule has 0 amide bonds. The maximum atomic E-state index is 4.27. The first-order valence-electron chi connectivity index (χ1n) is 2.85. The first-order chi connectivity index (χ1) is 4.33. The topological polar surface area (TPSA) is 12.9 Å². The lowest BCUT2D eigenvalue weighted by Gasteiger charge is -1.85. The summed E-state index contributed by atoms with van der Waals surface area (Å²) in [5, 5.41) is 3.23. The van der Waals surface area contributed by atoms with Crippen LogP contribution in [0.2, 0.25) is 0 Å². The van der Waals surface area contributed by atoms with Crippen molar-refractivity contribution >= 4 is 24.0 Å². The van der Waals surface area contributed by atoms with Crippen molar-refractivity contribution in [1.82, 2.24) is 4.98 Å². The Morgan fingerprint density at radius 2 is 2.56 bits per heavy atom. The maximum absolute atomic E-state index is 4.27. The molecule has 0 aliphatic heterocycles. The van der Waals surface area contributed by atoms with Crippen molar-refractivity contribution < 1.29 is 0 Å². The summed E-state index contributed by atoms with van der Waals surface area (Å²) in [5.41, 5.74) is 1.17. The fourth-order valence-electron chi connectivity index (χ4n) is 0.638. The van der Waals surface area contributed by atoms with Gasteiger partial charge in [-0.05, 0) is 19.1 Å². The molecule has 0 unspecified atom stereocenters. The van der Waals surface area contributed by atoms with Gasteiger partial charge in [0, 0.05) is 5.38 Å². The van der Waals surface area contributed by atoms with Crippen molar-refractivity contribution in [3.63, 3.8) is 0 Å². The van der Waals surface area contributed by atoms with Crippen molar-refractivity contribution in [3.8, 4) is 0 Å². The van der Waals surface area contributed by atoms with Crippen LogP contribution in [0, 0.1) is 6.92 Å². The zero-order chi connectivity index (χ0) is 6.69. The Morgan fingerprint density at radius 3 is 3.00 bits per heavy atom. The number of nitrogens with zero attached hydrogens (tertiary/aromatic N) is 1. The van der Waals surface area contributed by atoms with Gasteiger partial charge in [-0.2, -0.15) is 12.6 Å². The molecule has 0 bridgehead atoms. The number of rotatable bonds is 2. The summed E-state index contributed by atoms with van der Waals surface area (Å²) in [6.07, 6.45) is 0.994. The van der Waals surface area contributed by atoms with Gasteiger partial charge in [-0.3, -0.25) is 0 Å². The van der Waals surface area contributed by atoms with E-state index in [1.54, 1.807) is 11.3 Å². The number of hydrogen-bond donors (Lipinski definition) is 1. The second-order valence-electron chi connectivity index (χ2n) is 1.83. The Labute approximate surface area is 64.5 Å². The zero-order valence-electron chi connectivity index (χ0n) is 5.29. The van der Waals surface area contributed by atoms with Crippen LogP contribution in [0.25, 0.3) is 0 Å². The van der Waals surface area contributed by atoms with E-state index in [-0.39, 0.29) is 0 Å². The third-order valence-corrected chi connectivity index (χ3v) is 2.08. The molecule has 1 nitrogen and oxygen atoms in total. The van der Waals surface area contributed by atoms with Crippen LogP contribution in [-0.4, -0.2) is 10.7 Å². The SMILES string of the molecule is Cc1nc(CCS)cs1. The predicted octanol–water partition coefficient (Wildman–Crippen LogP) is 1.92. The molecule has 1 heterocycles. The molecule has 0 aliphatic carbocycles. The summed E-state index contributed by atoms with van der Waals surface area (Å²) in [6.45, 7) is 2.02. The molecule has 1 aromatic rings. The number of thiol groups is 1. The van der Waals surface area contributed by atoms with Gasteiger partial charge in [0.15, 0.2) is 0 Å². The van der Waals surface area contributed by atoms with Crippen LogP contribution in [-0.2, 0) is 6.42 Å². The summed E-state index contributed by atoms with van der Waals surface area (Å²) >= 11 is 5.81. The van der Waals surface area contributed by atoms with E-state index in [1.807, 2.05) is 6.92 Å². The average molecular weight is 159 g/mol. The molecule has 0 aromatic carbocycles. The van der Waals surface area contributed by atoms with E-state index >= 15 is 0 Å². The Kier molecular flexibility index (Phi) is 2.54. The molecular weight excluding hydrogens is 150 g/mol. The first-order valence-corrected chi connectivity index (χ1v) is 4.36. The van der Waals surface area contributed by atoms with E-state index in [4.69, 9.17) is 0 Å². The van der Waals surface area contributed by atoms with Gasteiger partial charge in [0.05, 0.1) is 10.7 Å². The minimum atomic E-state index is 0.892. The lowest BCUT2D eigenvalue weighted by atomic mass is 10.4. The lowest BCUT2D eigenvalue weighted by Crippen LogP contribution is -1.84. The number of aromatic nitrogens is 1. The van der Waals surface area contributed by atoms with Crippen LogP contribution in [0.4, 0.5) is 0 Å². The van der Waals surface area contributed by atoms with Gasteiger partial charge in [0.25, 0.3) is 0 Å². The minimum absolute atomic E-state index is 0.892. The molecule has 9 heavy (non-hydrogen) atoms. The van der Waals surface area contributed by atoms with E-state index in [0.717, 1.165) is 17.2 Å². The number of hydrogen-bond acceptors (Lipinski definition) is 3. The van der Waals surface area contributed by atoms with Crippen LogP contribution in [0.1, 0.15) is 10.7 Å². The lowest BCUT2D eigenvalue weighted by molar-refractivity contribution is 1.06. The van der Waals surface area contributed by atoms with Gasteiger partial charge in [-0.25, -0.2) is 4.98 Å². The highest BCUT2D eigenvalue weighted by molar-refractivity contribution is 7.80. The van der Waals surface area contributed by atoms with Crippen molar-refractivity contribution in [2.45, 2.75) is 13.3 Å². The molecule has 50 valence electrons. The van der Waals surface area contributed by atoms with E-state index in [1.165, 1.54) is 5.69 Å². The molecule has 0 aliphatic rings. The highest BCUT2D eigenvalue weighted by Gasteiger charge is 1.94. The zero-order valence-corrected chi connectivity index (χ0v) is 7.01. The molecule has 1 aromatic heterocycles. The summed E-state index contributed by atoms with van der Waals surface area (Å²) in [7, 11) is 0. The van der Waals surface area contributed by atoms with Crippen LogP contribution in [0.5, 0.6) is 0 Å². The summed E-state index contributed by atoms with van der Waals surface area (Å²) < 4.78 is 0. The molecule has 0 spiro atoms. The minimum Gasteiger partial charge on any atom is -0.247 e. The van der Waals surface area contributed by atoms with E-state index in [9.17, 15) is 0 Å². The first kappa shape index (κ1) is 7.09. The molecule has 0 radical (unpaired) electrons. The van der Waals surface area contributed by atoms with Gasteiger partial charge in [0.2, 0.25) is 0 Å². The van der Waals surface area contributed by atoms with Crippen molar-refractivity contribution in [2.75, 3.05) is 5.75 Å². The van der Waals surface area contributed by atoms with Crippen LogP contribution >= 0.6 is 24.0 Å². The molecular formula is C6H9NS2. The van der Waals surface area contributed by atoms with Crippen LogP contribution in [0.3, 0.4) is 0 Å². The number of thiazole rings is 1. The summed E-state index contributed by atoms with van der Waals surface area (Å²) in [6, 6.07) is 0. The number of aryl methyl sites for hydroxylation is 2. The van der Waals surface area contributed by atoms with Gasteiger partial charge < -0.3 is 0 Å². The van der Waals surface area contributed by atoms with Crippen molar-refractivity contribution in [2.24, 2.45) is 0 Å². The molecule has 0 saturated carbocycles. The molecule has 0 saturated heterocycles. The molecule has 1 rings (SSSR count). The monoisotopic (exact) mass is 159 g/mol. The Hall–Kier alpha value is -0.0200. The second-order valence-corrected chi connectivity index (χ2v) is 3.34. The van der Waals surface area contributed by atoms with E-state index in [2.05, 4.69) is 23.0 Å². The Bertz CT molecular complexity index is 183. The third-order valence-electron chi connectivity index (χ3n) is 1.03. The largest absolute Gasteiger partial charge is 0.247 e. The highest BCUT2D eigenvalue weighted by atomic mass is 32.1. The summed E-state index contributed by atoms with van der Waals surface area (Å²) in [4.78, 5) is 4.27. The summed E-state index contributed by atoms with van der Waals surface area (Å²) in [5.74, 6) is 0.892. The molecule has 3 heteroatoms. The smallest absolute Gasteiger partial charge is 0.0897 e.